The summed E-state index contributed by atoms with van der Waals surface area (Å²) in [6.45, 7) is 4.15. The number of hydrogen-bond acceptors (Lipinski definition) is 5. The lowest BCUT2D eigenvalue weighted by Gasteiger charge is -2.17. The molecule has 27 heavy (non-hydrogen) atoms. The maximum atomic E-state index is 12.3. The van der Waals surface area contributed by atoms with Crippen LogP contribution < -0.4 is 5.43 Å². The molecule has 6 nitrogen and oxygen atoms in total. The summed E-state index contributed by atoms with van der Waals surface area (Å²) in [6.07, 6.45) is 0. The molecule has 0 atom stereocenters. The number of hydrazone groups is 1. The molecule has 1 aliphatic heterocycles. The Labute approximate surface area is 164 Å². The second-order valence-corrected chi connectivity index (χ2v) is 9.59. The molecule has 0 saturated carbocycles. The monoisotopic (exact) mass is 402 g/mol. The van der Waals surface area contributed by atoms with Crippen LogP contribution in [0.1, 0.15) is 16.7 Å². The fourth-order valence-corrected chi connectivity index (χ4v) is 4.41. The van der Waals surface area contributed by atoms with E-state index in [-0.39, 0.29) is 4.90 Å². The van der Waals surface area contributed by atoms with Gasteiger partial charge in [0, 0.05) is 25.4 Å². The van der Waals surface area contributed by atoms with Crippen molar-refractivity contribution in [1.29, 1.82) is 0 Å². The van der Waals surface area contributed by atoms with E-state index in [0.717, 1.165) is 11.3 Å². The number of thioether (sulfide) groups is 1. The highest BCUT2D eigenvalue weighted by Gasteiger charge is 2.18. The Morgan fingerprint density at radius 1 is 1.15 bits per heavy atom. The molecule has 8 heteroatoms. The topological polar surface area (TPSA) is 74.1 Å². The van der Waals surface area contributed by atoms with Crippen LogP contribution in [0.5, 0.6) is 0 Å². The zero-order valence-corrected chi connectivity index (χ0v) is 17.4. The quantitative estimate of drug-likeness (QED) is 0.852. The van der Waals surface area contributed by atoms with Gasteiger partial charge in [0.15, 0.2) is 5.17 Å². The molecule has 0 bridgehead atoms. The van der Waals surface area contributed by atoms with Crippen molar-refractivity contribution >= 4 is 38.4 Å². The summed E-state index contributed by atoms with van der Waals surface area (Å²) in [6, 6.07) is 12.9. The first-order valence-corrected chi connectivity index (χ1v) is 10.8. The first-order chi connectivity index (χ1) is 12.8. The summed E-state index contributed by atoms with van der Waals surface area (Å²) in [7, 11) is -0.465. The van der Waals surface area contributed by atoms with Crippen LogP contribution in [-0.4, -0.2) is 43.5 Å². The second kappa shape index (κ2) is 7.84. The molecule has 0 unspecified atom stereocenters. The number of sulfonamides is 1. The minimum atomic E-state index is -3.48. The number of benzene rings is 2. The Morgan fingerprint density at radius 2 is 1.93 bits per heavy atom. The third-order valence-electron chi connectivity index (χ3n) is 4.15. The molecule has 142 valence electrons. The highest BCUT2D eigenvalue weighted by atomic mass is 32.2. The molecule has 2 aromatic rings. The molecule has 1 N–H and O–H groups in total. The first-order valence-electron chi connectivity index (χ1n) is 8.41. The van der Waals surface area contributed by atoms with Crippen molar-refractivity contribution in [2.75, 3.05) is 19.8 Å². The highest BCUT2D eigenvalue weighted by Crippen LogP contribution is 2.23. The highest BCUT2D eigenvalue weighted by molar-refractivity contribution is 8.14. The molecular formula is C19H22N4O2S2. The Morgan fingerprint density at radius 3 is 2.56 bits per heavy atom. The van der Waals surface area contributed by atoms with Gasteiger partial charge < -0.3 is 0 Å². The predicted molar refractivity (Wildman–Crippen MR) is 112 cm³/mol. The Kier molecular flexibility index (Phi) is 5.69. The van der Waals surface area contributed by atoms with E-state index in [1.165, 1.54) is 29.5 Å². The van der Waals surface area contributed by atoms with Crippen molar-refractivity contribution in [2.24, 2.45) is 10.1 Å². The summed E-state index contributed by atoms with van der Waals surface area (Å²) in [5, 5.41) is 5.10. The molecule has 0 spiro atoms. The average Bonchev–Trinajstić information content (AvgIpc) is 2.63. The van der Waals surface area contributed by atoms with E-state index in [0.29, 0.717) is 16.6 Å². The SMILES string of the molecule is Cc1ccc(C2=NNC(=Nc3cccc(S(=O)(=O)N(C)C)c3)SC2)c(C)c1. The van der Waals surface area contributed by atoms with E-state index in [4.69, 9.17) is 0 Å². The van der Waals surface area contributed by atoms with E-state index in [2.05, 4.69) is 47.6 Å². The van der Waals surface area contributed by atoms with E-state index in [1.807, 2.05) is 0 Å². The number of rotatable bonds is 4. The summed E-state index contributed by atoms with van der Waals surface area (Å²) in [5.41, 5.74) is 8.06. The van der Waals surface area contributed by atoms with Gasteiger partial charge in [-0.2, -0.15) is 5.10 Å². The zero-order chi connectivity index (χ0) is 19.6. The van der Waals surface area contributed by atoms with Crippen molar-refractivity contribution in [1.82, 2.24) is 9.73 Å². The van der Waals surface area contributed by atoms with Crippen LogP contribution in [0.3, 0.4) is 0 Å². The average molecular weight is 403 g/mol. The van der Waals surface area contributed by atoms with Gasteiger partial charge in [0.2, 0.25) is 10.0 Å². The van der Waals surface area contributed by atoms with Crippen molar-refractivity contribution in [3.63, 3.8) is 0 Å². The summed E-state index contributed by atoms with van der Waals surface area (Å²) in [4.78, 5) is 4.71. The zero-order valence-electron chi connectivity index (χ0n) is 15.7. The predicted octanol–water partition coefficient (Wildman–Crippen LogP) is 3.28. The van der Waals surface area contributed by atoms with Crippen LogP contribution in [0.4, 0.5) is 5.69 Å². The molecule has 2 aromatic carbocycles. The van der Waals surface area contributed by atoms with E-state index >= 15 is 0 Å². The molecule has 0 fully saturated rings. The number of aliphatic imine (C=N–C) groups is 1. The molecule has 1 heterocycles. The summed E-state index contributed by atoms with van der Waals surface area (Å²) in [5.74, 6) is 0.700. The van der Waals surface area contributed by atoms with E-state index in [1.54, 1.807) is 36.0 Å². The summed E-state index contributed by atoms with van der Waals surface area (Å²) >= 11 is 1.54. The second-order valence-electron chi connectivity index (χ2n) is 6.48. The lowest BCUT2D eigenvalue weighted by atomic mass is 10.0. The van der Waals surface area contributed by atoms with Crippen LogP contribution in [0.2, 0.25) is 0 Å². The number of aryl methyl sites for hydroxylation is 2. The molecule has 1 aliphatic rings. The maximum absolute atomic E-state index is 12.3. The van der Waals surface area contributed by atoms with Gasteiger partial charge >= 0.3 is 0 Å². The van der Waals surface area contributed by atoms with Crippen molar-refractivity contribution in [3.05, 3.63) is 59.2 Å². The maximum Gasteiger partial charge on any atom is 0.242 e. The normalized spacial score (nSPS) is 16.3. The lowest BCUT2D eigenvalue weighted by molar-refractivity contribution is 0.521. The van der Waals surface area contributed by atoms with Gasteiger partial charge in [-0.25, -0.2) is 17.7 Å². The van der Waals surface area contributed by atoms with E-state index in [9.17, 15) is 8.42 Å². The van der Waals surface area contributed by atoms with Crippen LogP contribution >= 0.6 is 11.8 Å². The van der Waals surface area contributed by atoms with Crippen LogP contribution in [0.25, 0.3) is 0 Å². The fraction of sp³-hybridized carbons (Fsp3) is 0.263. The minimum absolute atomic E-state index is 0.217. The van der Waals surface area contributed by atoms with Gasteiger partial charge in [-0.3, -0.25) is 5.43 Å². The van der Waals surface area contributed by atoms with Crippen LogP contribution in [0, 0.1) is 13.8 Å². The fourth-order valence-electron chi connectivity index (χ4n) is 2.69. The molecule has 0 aliphatic carbocycles. The van der Waals surface area contributed by atoms with Crippen molar-refractivity contribution < 1.29 is 8.42 Å². The number of nitrogens with one attached hydrogen (secondary N) is 1. The van der Waals surface area contributed by atoms with Gasteiger partial charge in [-0.15, -0.1) is 0 Å². The lowest BCUT2D eigenvalue weighted by Crippen LogP contribution is -2.25. The van der Waals surface area contributed by atoms with Gasteiger partial charge in [0.25, 0.3) is 0 Å². The molecule has 3 rings (SSSR count). The standard InChI is InChI=1S/C19H22N4O2S2/c1-13-8-9-17(14(2)10-13)18-12-26-19(22-21-18)20-15-6-5-7-16(11-15)27(24,25)23(3)4/h5-11H,12H2,1-4H3,(H,20,22). The van der Waals surface area contributed by atoms with Crippen molar-refractivity contribution in [2.45, 2.75) is 18.7 Å². The van der Waals surface area contributed by atoms with Gasteiger partial charge in [0.05, 0.1) is 16.3 Å². The smallest absolute Gasteiger partial charge is 0.242 e. The molecule has 0 aromatic heterocycles. The van der Waals surface area contributed by atoms with Crippen LogP contribution in [0.15, 0.2) is 57.5 Å². The molecule has 0 saturated heterocycles. The van der Waals surface area contributed by atoms with Gasteiger partial charge in [0.1, 0.15) is 0 Å². The number of nitrogens with zero attached hydrogens (tertiary/aromatic N) is 3. The largest absolute Gasteiger partial charge is 0.255 e. The van der Waals surface area contributed by atoms with E-state index < -0.39 is 10.0 Å². The van der Waals surface area contributed by atoms with Crippen molar-refractivity contribution in [3.8, 4) is 0 Å². The van der Waals surface area contributed by atoms with Gasteiger partial charge in [-0.1, -0.05) is 41.6 Å². The first kappa shape index (κ1) is 19.6. The molecule has 0 amide bonds. The third-order valence-corrected chi connectivity index (χ3v) is 6.84. The third kappa shape index (κ3) is 4.40. The van der Waals surface area contributed by atoms with Gasteiger partial charge in [-0.05, 0) is 37.6 Å². The Hall–Kier alpha value is -2.16. The Bertz CT molecular complexity index is 1030. The minimum Gasteiger partial charge on any atom is -0.255 e. The number of hydrogen-bond donors (Lipinski definition) is 1. The Balaban J connectivity index is 1.82. The molecular weight excluding hydrogens is 380 g/mol. The number of amidine groups is 1. The van der Waals surface area contributed by atoms with Crippen LogP contribution in [-0.2, 0) is 10.0 Å². The summed E-state index contributed by atoms with van der Waals surface area (Å²) < 4.78 is 25.7. The molecule has 0 radical (unpaired) electrons.